The number of likely N-dealkylation sites (tertiary alicyclic amines) is 1. The molecule has 1 saturated heterocycles. The molecule has 13 nitrogen and oxygen atoms in total. The van der Waals surface area contributed by atoms with Gasteiger partial charge < -0.3 is 25.4 Å². The largest absolute Gasteiger partial charge is 0.461 e. The van der Waals surface area contributed by atoms with Crippen LogP contribution in [0.15, 0.2) is 66.0 Å². The van der Waals surface area contributed by atoms with E-state index in [1.165, 1.54) is 10.3 Å². The fraction of sp³-hybridized carbons (Fsp3) is 0.533. The lowest BCUT2D eigenvalue weighted by atomic mass is 9.94. The lowest BCUT2D eigenvalue weighted by Gasteiger charge is -2.31. The number of nitrogens with zero attached hydrogens (tertiary/aromatic N) is 2. The van der Waals surface area contributed by atoms with E-state index in [1.54, 1.807) is 27.7 Å². The van der Waals surface area contributed by atoms with Crippen LogP contribution in [-0.2, 0) is 36.9 Å². The Hall–Kier alpha value is -5.11. The van der Waals surface area contributed by atoms with Gasteiger partial charge in [-0.05, 0) is 69.4 Å². The highest BCUT2D eigenvalue weighted by Crippen LogP contribution is 2.23. The minimum Gasteiger partial charge on any atom is -0.461 e. The van der Waals surface area contributed by atoms with Gasteiger partial charge in [0.2, 0.25) is 11.8 Å². The molecule has 1 fully saturated rings. The van der Waals surface area contributed by atoms with Gasteiger partial charge in [-0.25, -0.2) is 9.78 Å². The van der Waals surface area contributed by atoms with E-state index < -0.39 is 59.5 Å². The standard InChI is InChI=1S/C45H61N5O8S/c1-9-29(4)38(49-40(53)36-21-16-22-50(36)44(56)58-45(6,7)8)41(54)47-34(28(2)3)25-37(51)42-48-35(27-59-42)39(52)46-33(24-31-17-12-10-13-18-31)23-30(5)43(55)57-26-32-19-14-11-15-20-32/h10-15,17-20,27-30,33-34,36,38H,9,16,21-26H2,1-8H3,(H,46,52)(H,47,54)(H,49,53)/t29-,30-,33+,34+,36+,38-/m0/s1. The van der Waals surface area contributed by atoms with Gasteiger partial charge >= 0.3 is 12.1 Å². The van der Waals surface area contributed by atoms with Crippen LogP contribution in [0.4, 0.5) is 4.79 Å². The van der Waals surface area contributed by atoms with E-state index in [0.717, 1.165) is 22.5 Å². The average Bonchev–Trinajstić information content (AvgIpc) is 3.90. The summed E-state index contributed by atoms with van der Waals surface area (Å²) in [6.07, 6.45) is 1.82. The number of amides is 4. The van der Waals surface area contributed by atoms with E-state index in [9.17, 15) is 28.8 Å². The van der Waals surface area contributed by atoms with E-state index in [4.69, 9.17) is 9.47 Å². The van der Waals surface area contributed by atoms with E-state index in [0.29, 0.717) is 38.6 Å². The van der Waals surface area contributed by atoms with Crippen LogP contribution in [0.5, 0.6) is 0 Å². The molecule has 4 amide bonds. The molecule has 0 bridgehead atoms. The first-order valence-corrected chi connectivity index (χ1v) is 21.5. The Morgan fingerprint density at radius 3 is 2.15 bits per heavy atom. The second-order valence-corrected chi connectivity index (χ2v) is 17.7. The van der Waals surface area contributed by atoms with Crippen LogP contribution in [0, 0.1) is 17.8 Å². The normalized spacial score (nSPS) is 16.6. The van der Waals surface area contributed by atoms with Gasteiger partial charge in [0.25, 0.3) is 5.91 Å². The number of benzene rings is 2. The monoisotopic (exact) mass is 831 g/mol. The number of Topliss-reactive ketones (excluding diaryl/α,β-unsaturated/α-hetero) is 1. The van der Waals surface area contributed by atoms with Crippen molar-refractivity contribution in [3.05, 3.63) is 87.9 Å². The van der Waals surface area contributed by atoms with E-state index in [1.807, 2.05) is 88.4 Å². The third-order valence-electron chi connectivity index (χ3n) is 10.4. The van der Waals surface area contributed by atoms with Gasteiger partial charge in [-0.3, -0.25) is 28.9 Å². The Kier molecular flexibility index (Phi) is 17.2. The zero-order chi connectivity index (χ0) is 43.3. The van der Waals surface area contributed by atoms with Crippen molar-refractivity contribution >= 4 is 46.9 Å². The molecule has 2 aromatic carbocycles. The lowest BCUT2D eigenvalue weighted by molar-refractivity contribution is -0.149. The highest BCUT2D eigenvalue weighted by Gasteiger charge is 2.39. The fourth-order valence-corrected chi connectivity index (χ4v) is 7.54. The molecular weight excluding hydrogens is 771 g/mol. The maximum absolute atomic E-state index is 13.8. The average molecular weight is 832 g/mol. The van der Waals surface area contributed by atoms with E-state index in [2.05, 4.69) is 20.9 Å². The van der Waals surface area contributed by atoms with E-state index >= 15 is 0 Å². The summed E-state index contributed by atoms with van der Waals surface area (Å²) < 4.78 is 11.1. The number of thiazole rings is 1. The molecule has 14 heteroatoms. The summed E-state index contributed by atoms with van der Waals surface area (Å²) in [5.41, 5.74) is 1.22. The zero-order valence-corrected chi connectivity index (χ0v) is 36.4. The molecule has 1 aliphatic heterocycles. The molecule has 1 aromatic heterocycles. The topological polar surface area (TPSA) is 173 Å². The summed E-state index contributed by atoms with van der Waals surface area (Å²) in [6, 6.07) is 16.4. The van der Waals surface area contributed by atoms with Crippen molar-refractivity contribution in [2.45, 2.75) is 130 Å². The maximum atomic E-state index is 13.8. The van der Waals surface area contributed by atoms with Crippen molar-refractivity contribution in [1.82, 2.24) is 25.8 Å². The fourth-order valence-electron chi connectivity index (χ4n) is 6.79. The summed E-state index contributed by atoms with van der Waals surface area (Å²) in [7, 11) is 0. The Labute approximate surface area is 352 Å². The van der Waals surface area contributed by atoms with Crippen LogP contribution in [-0.4, -0.2) is 81.8 Å². The van der Waals surface area contributed by atoms with Crippen molar-refractivity contribution in [3.63, 3.8) is 0 Å². The summed E-state index contributed by atoms with van der Waals surface area (Å²) in [5, 5.41) is 10.6. The first kappa shape index (κ1) is 46.6. The number of carbonyl (C=O) groups is 6. The number of aromatic nitrogens is 1. The number of rotatable bonds is 19. The molecule has 3 aromatic rings. The molecule has 0 unspecified atom stereocenters. The second-order valence-electron chi connectivity index (χ2n) is 16.8. The maximum Gasteiger partial charge on any atom is 0.410 e. The van der Waals surface area contributed by atoms with Crippen LogP contribution in [0.2, 0.25) is 0 Å². The number of hydrogen-bond acceptors (Lipinski definition) is 10. The summed E-state index contributed by atoms with van der Waals surface area (Å²) in [4.78, 5) is 86.2. The number of nitrogens with one attached hydrogen (secondary N) is 3. The Bertz CT molecular complexity index is 1880. The molecule has 6 atom stereocenters. The number of ketones is 1. The molecule has 0 radical (unpaired) electrons. The molecule has 1 aliphatic rings. The lowest BCUT2D eigenvalue weighted by Crippen LogP contribution is -2.57. The van der Waals surface area contributed by atoms with Gasteiger partial charge in [0, 0.05) is 30.4 Å². The van der Waals surface area contributed by atoms with Crippen molar-refractivity contribution in [3.8, 4) is 0 Å². The van der Waals surface area contributed by atoms with Gasteiger partial charge in [-0.15, -0.1) is 11.3 Å². The van der Waals surface area contributed by atoms with Gasteiger partial charge in [0.15, 0.2) is 10.8 Å². The van der Waals surface area contributed by atoms with Crippen LogP contribution in [0.25, 0.3) is 0 Å². The molecule has 0 saturated carbocycles. The van der Waals surface area contributed by atoms with E-state index in [-0.39, 0.29) is 47.3 Å². The van der Waals surface area contributed by atoms with Crippen LogP contribution in [0.1, 0.15) is 119 Å². The van der Waals surface area contributed by atoms with Crippen molar-refractivity contribution in [2.24, 2.45) is 17.8 Å². The van der Waals surface area contributed by atoms with Gasteiger partial charge in [-0.2, -0.15) is 0 Å². The summed E-state index contributed by atoms with van der Waals surface area (Å²) in [6.45, 7) is 15.2. The molecule has 0 aliphatic carbocycles. The summed E-state index contributed by atoms with van der Waals surface area (Å²) >= 11 is 1.05. The summed E-state index contributed by atoms with van der Waals surface area (Å²) in [5.74, 6) is -2.95. The Morgan fingerprint density at radius 1 is 0.898 bits per heavy atom. The van der Waals surface area contributed by atoms with Crippen LogP contribution in [0.3, 0.4) is 0 Å². The molecule has 3 N–H and O–H groups in total. The van der Waals surface area contributed by atoms with Gasteiger partial charge in [0.05, 0.1) is 5.92 Å². The van der Waals surface area contributed by atoms with Crippen LogP contribution < -0.4 is 16.0 Å². The highest BCUT2D eigenvalue weighted by molar-refractivity contribution is 7.12. The SMILES string of the molecule is CC[C@H](C)[C@H](NC(=O)[C@H]1CCCN1C(=O)OC(C)(C)C)C(=O)N[C@H](CC(=O)c1nc(C(=O)N[C@@H](Cc2ccccc2)C[C@H](C)C(=O)OCc2ccccc2)cs1)C(C)C. The molecular formula is C45H61N5O8S. The molecule has 0 spiro atoms. The third-order valence-corrected chi connectivity index (χ3v) is 11.3. The minimum absolute atomic E-state index is 0.0760. The Balaban J connectivity index is 1.39. The number of ether oxygens (including phenoxy) is 2. The van der Waals surface area contributed by atoms with Crippen LogP contribution >= 0.6 is 11.3 Å². The first-order chi connectivity index (χ1) is 27.9. The van der Waals surface area contributed by atoms with Crippen molar-refractivity contribution in [2.75, 3.05) is 6.54 Å². The number of hydrogen-bond donors (Lipinski definition) is 3. The third kappa shape index (κ3) is 14.3. The molecule has 2 heterocycles. The second kappa shape index (κ2) is 21.8. The van der Waals surface area contributed by atoms with Crippen molar-refractivity contribution < 1.29 is 38.2 Å². The Morgan fingerprint density at radius 2 is 1.54 bits per heavy atom. The molecule has 320 valence electrons. The molecule has 59 heavy (non-hydrogen) atoms. The minimum atomic E-state index is -0.905. The quantitative estimate of drug-likeness (QED) is 0.0859. The predicted octanol–water partition coefficient (Wildman–Crippen LogP) is 6.90. The highest BCUT2D eigenvalue weighted by atomic mass is 32.1. The van der Waals surface area contributed by atoms with Crippen molar-refractivity contribution in [1.29, 1.82) is 0 Å². The predicted molar refractivity (Wildman–Crippen MR) is 227 cm³/mol. The number of carbonyl (C=O) groups excluding carboxylic acids is 6. The number of esters is 1. The first-order valence-electron chi connectivity index (χ1n) is 20.6. The molecule has 4 rings (SSSR count). The smallest absolute Gasteiger partial charge is 0.410 e. The van der Waals surface area contributed by atoms with Gasteiger partial charge in [-0.1, -0.05) is 102 Å². The van der Waals surface area contributed by atoms with Gasteiger partial charge in [0.1, 0.15) is 30.0 Å². The zero-order valence-electron chi connectivity index (χ0n) is 35.6.